The zero-order chi connectivity index (χ0) is 24.6. The second-order valence-corrected chi connectivity index (χ2v) is 9.88. The fourth-order valence-electron chi connectivity index (χ4n) is 5.80. The van der Waals surface area contributed by atoms with Crippen molar-refractivity contribution >= 4 is 18.0 Å². The number of carboxylic acid groups (broad SMARTS) is 1. The van der Waals surface area contributed by atoms with E-state index in [4.69, 9.17) is 4.74 Å². The fourth-order valence-corrected chi connectivity index (χ4v) is 5.80. The lowest BCUT2D eigenvalue weighted by Crippen LogP contribution is -2.55. The third-order valence-electron chi connectivity index (χ3n) is 7.63. The van der Waals surface area contributed by atoms with Crippen molar-refractivity contribution in [3.8, 4) is 11.1 Å². The monoisotopic (exact) mass is 478 g/mol. The molecular formula is C27H30N2O6. The molecule has 184 valence electrons. The topological polar surface area (TPSA) is 116 Å². The number of aliphatic hydroxyl groups is 1. The molecule has 3 aliphatic rings. The first kappa shape index (κ1) is 23.4. The van der Waals surface area contributed by atoms with Crippen LogP contribution in [0.15, 0.2) is 48.5 Å². The van der Waals surface area contributed by atoms with E-state index < -0.39 is 17.7 Å². The van der Waals surface area contributed by atoms with E-state index in [1.165, 1.54) is 16.0 Å². The molecule has 1 unspecified atom stereocenters. The summed E-state index contributed by atoms with van der Waals surface area (Å²) >= 11 is 0. The number of fused-ring (bicyclic) bond motifs is 3. The Kier molecular flexibility index (Phi) is 6.23. The zero-order valence-corrected chi connectivity index (χ0v) is 19.5. The molecule has 2 aromatic rings. The molecule has 0 aromatic heterocycles. The standard InChI is InChI=1S/C27H30N2O6/c30-24(29-13-5-12-27(34,16-29)25(31)32)17-10-11-18(14-17)28-26(33)35-15-23-21-8-3-1-6-19(21)20-7-2-4-9-22(20)23/h1-4,6-9,17-18,23,34H,5,10-16H2,(H,28,33)(H,31,32)/t17-,18+,27?/m0/s1. The van der Waals surface area contributed by atoms with Crippen molar-refractivity contribution < 1.29 is 29.3 Å². The molecule has 2 aliphatic carbocycles. The van der Waals surface area contributed by atoms with E-state index in [2.05, 4.69) is 29.6 Å². The van der Waals surface area contributed by atoms with Gasteiger partial charge in [-0.2, -0.15) is 0 Å². The molecule has 1 saturated heterocycles. The molecule has 35 heavy (non-hydrogen) atoms. The summed E-state index contributed by atoms with van der Waals surface area (Å²) in [6, 6.07) is 16.1. The van der Waals surface area contributed by atoms with Gasteiger partial charge in [-0.1, -0.05) is 48.5 Å². The number of rotatable bonds is 5. The summed E-state index contributed by atoms with van der Waals surface area (Å²) in [6.07, 6.45) is 1.83. The highest BCUT2D eigenvalue weighted by Crippen LogP contribution is 2.44. The van der Waals surface area contributed by atoms with E-state index in [1.807, 2.05) is 24.3 Å². The quantitative estimate of drug-likeness (QED) is 0.608. The number of hydrogen-bond acceptors (Lipinski definition) is 5. The van der Waals surface area contributed by atoms with Crippen molar-refractivity contribution in [3.63, 3.8) is 0 Å². The van der Waals surface area contributed by atoms with Crippen LogP contribution in [0, 0.1) is 5.92 Å². The lowest BCUT2D eigenvalue weighted by molar-refractivity contribution is -0.167. The Labute approximate surface area is 203 Å². The van der Waals surface area contributed by atoms with E-state index in [0.29, 0.717) is 32.2 Å². The summed E-state index contributed by atoms with van der Waals surface area (Å²) in [7, 11) is 0. The van der Waals surface area contributed by atoms with E-state index in [0.717, 1.165) is 11.1 Å². The van der Waals surface area contributed by atoms with Gasteiger partial charge in [-0.05, 0) is 54.4 Å². The van der Waals surface area contributed by atoms with Gasteiger partial charge in [0.15, 0.2) is 5.60 Å². The average Bonchev–Trinajstić information content (AvgIpc) is 3.45. The predicted octanol–water partition coefficient (Wildman–Crippen LogP) is 3.13. The number of benzene rings is 2. The Hall–Kier alpha value is -3.39. The molecule has 0 spiro atoms. The highest BCUT2D eigenvalue weighted by Gasteiger charge is 2.44. The molecule has 2 fully saturated rings. The second kappa shape index (κ2) is 9.34. The molecule has 2 amide bonds. The van der Waals surface area contributed by atoms with Gasteiger partial charge in [-0.3, -0.25) is 4.79 Å². The number of piperidine rings is 1. The van der Waals surface area contributed by atoms with Crippen molar-refractivity contribution in [2.75, 3.05) is 19.7 Å². The van der Waals surface area contributed by atoms with Gasteiger partial charge in [0.1, 0.15) is 6.61 Å². The Morgan fingerprint density at radius 2 is 1.69 bits per heavy atom. The predicted molar refractivity (Wildman–Crippen MR) is 128 cm³/mol. The van der Waals surface area contributed by atoms with Crippen LogP contribution in [0.2, 0.25) is 0 Å². The third kappa shape index (κ3) is 4.50. The highest BCUT2D eigenvalue weighted by molar-refractivity contribution is 5.83. The number of carbonyl (C=O) groups excluding carboxylic acids is 2. The van der Waals surface area contributed by atoms with Crippen LogP contribution in [-0.4, -0.2) is 64.4 Å². The minimum atomic E-state index is -1.88. The summed E-state index contributed by atoms with van der Waals surface area (Å²) in [5.41, 5.74) is 2.75. The molecule has 1 heterocycles. The van der Waals surface area contributed by atoms with Crippen molar-refractivity contribution in [3.05, 3.63) is 59.7 Å². The molecule has 1 aliphatic heterocycles. The number of hydrogen-bond donors (Lipinski definition) is 3. The van der Waals surface area contributed by atoms with E-state index in [9.17, 15) is 24.6 Å². The SMILES string of the molecule is O=C(N[C@@H]1CC[C@H](C(=O)N2CCCC(O)(C(=O)O)C2)C1)OCC1c2ccccc2-c2ccccc21. The van der Waals surface area contributed by atoms with E-state index >= 15 is 0 Å². The number of aliphatic carboxylic acids is 1. The van der Waals surface area contributed by atoms with E-state index in [-0.39, 0.29) is 43.4 Å². The van der Waals surface area contributed by atoms with Crippen LogP contribution in [0.3, 0.4) is 0 Å². The molecule has 0 bridgehead atoms. The summed E-state index contributed by atoms with van der Waals surface area (Å²) in [6.45, 7) is 0.480. The first-order valence-electron chi connectivity index (χ1n) is 12.2. The van der Waals surface area contributed by atoms with Gasteiger partial charge < -0.3 is 25.2 Å². The molecular weight excluding hydrogens is 448 g/mol. The maximum Gasteiger partial charge on any atom is 0.407 e. The molecule has 3 N–H and O–H groups in total. The highest BCUT2D eigenvalue weighted by atomic mass is 16.5. The first-order chi connectivity index (χ1) is 16.9. The van der Waals surface area contributed by atoms with Gasteiger partial charge in [-0.25, -0.2) is 9.59 Å². The fraction of sp³-hybridized carbons (Fsp3) is 0.444. The van der Waals surface area contributed by atoms with Crippen molar-refractivity contribution in [1.29, 1.82) is 0 Å². The van der Waals surface area contributed by atoms with Crippen LogP contribution in [0.25, 0.3) is 11.1 Å². The second-order valence-electron chi connectivity index (χ2n) is 9.88. The van der Waals surface area contributed by atoms with Gasteiger partial charge in [0, 0.05) is 24.4 Å². The average molecular weight is 479 g/mol. The number of β-amino-alcohol motifs (C(OH)–C–C–N with tert-alkyl or cyclic N) is 1. The number of nitrogens with zero attached hydrogens (tertiary/aromatic N) is 1. The zero-order valence-electron chi connectivity index (χ0n) is 19.5. The molecule has 8 nitrogen and oxygen atoms in total. The van der Waals surface area contributed by atoms with Gasteiger partial charge in [0.25, 0.3) is 0 Å². The van der Waals surface area contributed by atoms with Gasteiger partial charge in [0.2, 0.25) is 5.91 Å². The summed E-state index contributed by atoms with van der Waals surface area (Å²) in [5, 5.41) is 22.5. The van der Waals surface area contributed by atoms with Crippen LogP contribution >= 0.6 is 0 Å². The first-order valence-corrected chi connectivity index (χ1v) is 12.2. The van der Waals surface area contributed by atoms with Crippen LogP contribution < -0.4 is 5.32 Å². The maximum absolute atomic E-state index is 13.0. The Balaban J connectivity index is 1.15. The van der Waals surface area contributed by atoms with Gasteiger partial charge >= 0.3 is 12.1 Å². The van der Waals surface area contributed by atoms with E-state index in [1.54, 1.807) is 0 Å². The number of alkyl carbamates (subject to hydrolysis) is 1. The number of nitrogens with one attached hydrogen (secondary N) is 1. The lowest BCUT2D eigenvalue weighted by Gasteiger charge is -2.37. The minimum absolute atomic E-state index is 0.0156. The summed E-state index contributed by atoms with van der Waals surface area (Å²) in [4.78, 5) is 38.4. The van der Waals surface area contributed by atoms with Crippen LogP contribution in [0.1, 0.15) is 49.1 Å². The third-order valence-corrected chi connectivity index (χ3v) is 7.63. The number of carboxylic acids is 1. The Morgan fingerprint density at radius 1 is 1.03 bits per heavy atom. The van der Waals surface area contributed by atoms with Gasteiger partial charge in [0.05, 0.1) is 6.54 Å². The molecule has 2 aromatic carbocycles. The van der Waals surface area contributed by atoms with Gasteiger partial charge in [-0.15, -0.1) is 0 Å². The lowest BCUT2D eigenvalue weighted by atomic mass is 9.92. The van der Waals surface area contributed by atoms with Crippen LogP contribution in [0.5, 0.6) is 0 Å². The molecule has 0 radical (unpaired) electrons. The number of carbonyl (C=O) groups is 3. The molecule has 3 atom stereocenters. The van der Waals surface area contributed by atoms with Crippen LogP contribution in [0.4, 0.5) is 4.79 Å². The number of likely N-dealkylation sites (tertiary alicyclic amines) is 1. The van der Waals surface area contributed by atoms with Crippen molar-refractivity contribution in [1.82, 2.24) is 10.2 Å². The van der Waals surface area contributed by atoms with Crippen LogP contribution in [-0.2, 0) is 14.3 Å². The van der Waals surface area contributed by atoms with Crippen molar-refractivity contribution in [2.24, 2.45) is 5.92 Å². The Bertz CT molecular complexity index is 1100. The molecule has 5 rings (SSSR count). The van der Waals surface area contributed by atoms with Crippen molar-refractivity contribution in [2.45, 2.75) is 49.7 Å². The molecule has 1 saturated carbocycles. The molecule has 8 heteroatoms. The number of ether oxygens (including phenoxy) is 1. The minimum Gasteiger partial charge on any atom is -0.479 e. The summed E-state index contributed by atoms with van der Waals surface area (Å²) < 4.78 is 5.62. The largest absolute Gasteiger partial charge is 0.479 e. The Morgan fingerprint density at radius 3 is 2.34 bits per heavy atom. The summed E-state index contributed by atoms with van der Waals surface area (Å²) in [5.74, 6) is -1.76. The smallest absolute Gasteiger partial charge is 0.407 e. The normalized spacial score (nSPS) is 25.6. The maximum atomic E-state index is 13.0. The number of amides is 2.